The Kier molecular flexibility index (Phi) is 4.05. The van der Waals surface area contributed by atoms with Crippen molar-refractivity contribution in [1.82, 2.24) is 10.3 Å². The summed E-state index contributed by atoms with van der Waals surface area (Å²) >= 11 is 0. The van der Waals surface area contributed by atoms with Crippen LogP contribution in [0.3, 0.4) is 0 Å². The number of ether oxygens (including phenoxy) is 1. The van der Waals surface area contributed by atoms with Gasteiger partial charge in [-0.3, -0.25) is 4.79 Å². The molecular weight excluding hydrogens is 256 g/mol. The topological polar surface area (TPSA) is 89.3 Å². The van der Waals surface area contributed by atoms with Gasteiger partial charge in [-0.05, 0) is 24.3 Å². The first kappa shape index (κ1) is 13.7. The summed E-state index contributed by atoms with van der Waals surface area (Å²) in [5.74, 6) is 0.614. The van der Waals surface area contributed by atoms with Crippen molar-refractivity contribution in [3.8, 4) is 11.5 Å². The molecule has 4 N–H and O–H groups in total. The van der Waals surface area contributed by atoms with Crippen molar-refractivity contribution in [2.75, 3.05) is 25.1 Å². The summed E-state index contributed by atoms with van der Waals surface area (Å²) in [5.41, 5.74) is 7.48. The van der Waals surface area contributed by atoms with E-state index < -0.39 is 0 Å². The molecule has 2 aromatic rings. The van der Waals surface area contributed by atoms with E-state index in [-0.39, 0.29) is 11.6 Å². The highest BCUT2D eigenvalue weighted by Crippen LogP contribution is 2.28. The van der Waals surface area contributed by atoms with Crippen molar-refractivity contribution in [3.63, 3.8) is 0 Å². The number of carbonyl (C=O) groups excluding carboxylic acids is 1. The van der Waals surface area contributed by atoms with E-state index in [1.54, 1.807) is 44.4 Å². The van der Waals surface area contributed by atoms with E-state index in [1.807, 2.05) is 0 Å². The van der Waals surface area contributed by atoms with Gasteiger partial charge in [0.1, 0.15) is 5.75 Å². The fraction of sp³-hybridized carbons (Fsp3) is 0.143. The van der Waals surface area contributed by atoms with E-state index in [0.717, 1.165) is 5.69 Å². The Bertz CT molecular complexity index is 628. The second-order valence-electron chi connectivity index (χ2n) is 4.03. The number of hydrogen-bond donors (Lipinski definition) is 3. The van der Waals surface area contributed by atoms with Gasteiger partial charge in [0.05, 0.1) is 11.4 Å². The van der Waals surface area contributed by atoms with Crippen molar-refractivity contribution in [3.05, 3.63) is 42.2 Å². The van der Waals surface area contributed by atoms with E-state index in [4.69, 9.17) is 10.5 Å². The van der Waals surface area contributed by atoms with Crippen molar-refractivity contribution >= 4 is 17.3 Å². The number of rotatable bonds is 4. The van der Waals surface area contributed by atoms with Gasteiger partial charge >= 0.3 is 0 Å². The maximum atomic E-state index is 11.7. The molecule has 0 fully saturated rings. The van der Waals surface area contributed by atoms with Crippen molar-refractivity contribution < 1.29 is 9.53 Å². The lowest BCUT2D eigenvalue weighted by molar-refractivity contribution is 0.0955. The molecule has 0 aliphatic carbocycles. The third kappa shape index (κ3) is 2.80. The lowest BCUT2D eigenvalue weighted by atomic mass is 10.2. The highest BCUT2D eigenvalue weighted by molar-refractivity contribution is 5.94. The normalized spacial score (nSPS) is 9.90. The van der Waals surface area contributed by atoms with Gasteiger partial charge in [-0.1, -0.05) is 0 Å². The van der Waals surface area contributed by atoms with Crippen LogP contribution in [0.5, 0.6) is 11.5 Å². The van der Waals surface area contributed by atoms with Crippen LogP contribution >= 0.6 is 0 Å². The first-order valence-corrected chi connectivity index (χ1v) is 6.08. The fourth-order valence-electron chi connectivity index (χ4n) is 1.72. The summed E-state index contributed by atoms with van der Waals surface area (Å²) in [6.45, 7) is 0. The van der Waals surface area contributed by atoms with Gasteiger partial charge in [0.25, 0.3) is 5.91 Å². The number of amides is 1. The molecule has 6 nitrogen and oxygen atoms in total. The molecule has 1 heterocycles. The molecule has 0 bridgehead atoms. The smallest absolute Gasteiger partial charge is 0.273 e. The van der Waals surface area contributed by atoms with Gasteiger partial charge in [-0.15, -0.1) is 0 Å². The molecular formula is C14H16N4O2. The van der Waals surface area contributed by atoms with Gasteiger partial charge in [-0.25, -0.2) is 4.98 Å². The average molecular weight is 272 g/mol. The molecule has 6 heteroatoms. The lowest BCUT2D eigenvalue weighted by Gasteiger charge is -2.11. The quantitative estimate of drug-likeness (QED) is 0.739. The maximum absolute atomic E-state index is 11.7. The first-order chi connectivity index (χ1) is 9.65. The molecule has 1 aromatic carbocycles. The monoisotopic (exact) mass is 272 g/mol. The van der Waals surface area contributed by atoms with E-state index in [0.29, 0.717) is 17.2 Å². The number of nitrogen functional groups attached to an aromatic ring is 1. The molecule has 0 aliphatic heterocycles. The molecule has 0 saturated heterocycles. The Labute approximate surface area is 117 Å². The molecule has 0 saturated carbocycles. The minimum atomic E-state index is -0.305. The van der Waals surface area contributed by atoms with E-state index in [1.165, 1.54) is 6.20 Å². The molecule has 104 valence electrons. The number of aromatic nitrogens is 1. The van der Waals surface area contributed by atoms with E-state index >= 15 is 0 Å². The predicted molar refractivity (Wildman–Crippen MR) is 78.1 cm³/mol. The van der Waals surface area contributed by atoms with E-state index in [9.17, 15) is 4.79 Å². The summed E-state index contributed by atoms with van der Waals surface area (Å²) in [6, 6.07) is 8.64. The third-order valence-electron chi connectivity index (χ3n) is 2.73. The minimum absolute atomic E-state index is 0.228. The first-order valence-electron chi connectivity index (χ1n) is 6.08. The molecule has 1 amide bonds. The van der Waals surface area contributed by atoms with Crippen LogP contribution < -0.4 is 21.1 Å². The van der Waals surface area contributed by atoms with Crippen LogP contribution in [-0.2, 0) is 0 Å². The highest BCUT2D eigenvalue weighted by atomic mass is 16.5. The fourth-order valence-corrected chi connectivity index (χ4v) is 1.72. The molecule has 0 unspecified atom stereocenters. The second-order valence-corrected chi connectivity index (χ2v) is 4.03. The zero-order chi connectivity index (χ0) is 14.5. The van der Waals surface area contributed by atoms with Gasteiger partial charge in [0.15, 0.2) is 11.4 Å². The molecule has 20 heavy (non-hydrogen) atoms. The van der Waals surface area contributed by atoms with Crippen LogP contribution in [-0.4, -0.2) is 25.0 Å². The predicted octanol–water partition coefficient (Wildman–Crippen LogP) is 1.86. The number of benzene rings is 1. The molecule has 0 atom stereocenters. The Hall–Kier alpha value is -2.76. The summed E-state index contributed by atoms with van der Waals surface area (Å²) in [4.78, 5) is 15.7. The molecule has 0 radical (unpaired) electrons. The zero-order valence-electron chi connectivity index (χ0n) is 11.3. The number of pyridine rings is 1. The van der Waals surface area contributed by atoms with Crippen LogP contribution in [0.1, 0.15) is 10.5 Å². The summed E-state index contributed by atoms with van der Waals surface area (Å²) in [5, 5.41) is 5.49. The lowest BCUT2D eigenvalue weighted by Crippen LogP contribution is -2.19. The molecule has 0 spiro atoms. The van der Waals surface area contributed by atoms with Crippen LogP contribution in [0.4, 0.5) is 11.4 Å². The van der Waals surface area contributed by atoms with Crippen molar-refractivity contribution in [1.29, 1.82) is 0 Å². The van der Waals surface area contributed by atoms with Crippen LogP contribution in [0.2, 0.25) is 0 Å². The van der Waals surface area contributed by atoms with Crippen LogP contribution in [0.25, 0.3) is 0 Å². The van der Waals surface area contributed by atoms with Gasteiger partial charge in [-0.2, -0.15) is 0 Å². The Morgan fingerprint density at radius 2 is 2.10 bits per heavy atom. The molecule has 0 aliphatic rings. The largest absolute Gasteiger partial charge is 0.455 e. The number of nitrogens with two attached hydrogens (primary N) is 1. The maximum Gasteiger partial charge on any atom is 0.273 e. The number of nitrogens with zero attached hydrogens (tertiary/aromatic N) is 1. The summed E-state index contributed by atoms with van der Waals surface area (Å²) in [6.07, 6.45) is 1.54. The minimum Gasteiger partial charge on any atom is -0.455 e. The van der Waals surface area contributed by atoms with Crippen molar-refractivity contribution in [2.45, 2.75) is 0 Å². The number of carbonyl (C=O) groups is 1. The zero-order valence-corrected chi connectivity index (χ0v) is 11.3. The van der Waals surface area contributed by atoms with Crippen LogP contribution in [0, 0.1) is 0 Å². The Balaban J connectivity index is 2.30. The standard InChI is InChI=1S/C14H16N4O2/c1-16-11-6-5-9(8-10(11)15)20-12-4-3-7-18-13(12)14(19)17-2/h3-8,16H,15H2,1-2H3,(H,17,19). The van der Waals surface area contributed by atoms with Gasteiger partial charge in [0, 0.05) is 26.4 Å². The summed E-state index contributed by atoms with van der Waals surface area (Å²) in [7, 11) is 3.33. The second kappa shape index (κ2) is 5.92. The number of hydrogen-bond acceptors (Lipinski definition) is 5. The number of nitrogens with one attached hydrogen (secondary N) is 2. The average Bonchev–Trinajstić information content (AvgIpc) is 2.47. The SMILES string of the molecule is CNC(=O)c1ncccc1Oc1ccc(NC)c(N)c1. The Morgan fingerprint density at radius 1 is 1.30 bits per heavy atom. The third-order valence-corrected chi connectivity index (χ3v) is 2.73. The van der Waals surface area contributed by atoms with E-state index in [2.05, 4.69) is 15.6 Å². The summed E-state index contributed by atoms with van der Waals surface area (Å²) < 4.78 is 5.68. The Morgan fingerprint density at radius 3 is 2.75 bits per heavy atom. The number of anilines is 2. The molecule has 1 aromatic heterocycles. The van der Waals surface area contributed by atoms with Gasteiger partial charge in [0.2, 0.25) is 0 Å². The van der Waals surface area contributed by atoms with Crippen LogP contribution in [0.15, 0.2) is 36.5 Å². The van der Waals surface area contributed by atoms with Gasteiger partial charge < -0.3 is 21.1 Å². The molecule has 2 rings (SSSR count). The van der Waals surface area contributed by atoms with Crippen molar-refractivity contribution in [2.24, 2.45) is 0 Å². The highest BCUT2D eigenvalue weighted by Gasteiger charge is 2.13.